The van der Waals surface area contributed by atoms with Crippen LogP contribution in [0.1, 0.15) is 13.3 Å². The largest absolute Gasteiger partial charge is 0.393 e. The third-order valence-corrected chi connectivity index (χ3v) is 2.99. The van der Waals surface area contributed by atoms with E-state index >= 15 is 0 Å². The number of rotatable bonds is 4. The molecule has 1 aromatic rings. The minimum absolute atomic E-state index is 0.201. The summed E-state index contributed by atoms with van der Waals surface area (Å²) < 4.78 is 0.723. The molecule has 16 heavy (non-hydrogen) atoms. The number of pyridine rings is 1. The Kier molecular flexibility index (Phi) is 4.82. The Labute approximate surface area is 108 Å². The number of amides is 1. The minimum Gasteiger partial charge on any atom is -0.393 e. The van der Waals surface area contributed by atoms with Crippen molar-refractivity contribution in [1.29, 1.82) is 0 Å². The maximum atomic E-state index is 11.8. The molecule has 0 fully saturated rings. The first kappa shape index (κ1) is 13.1. The molecule has 0 radical (unpaired) electrons. The fraction of sp³-hybridized carbons (Fsp3) is 0.300. The fourth-order valence-electron chi connectivity index (χ4n) is 1.20. The molecule has 1 aromatic heterocycles. The second-order valence-corrected chi connectivity index (χ2v) is 4.51. The van der Waals surface area contributed by atoms with Crippen LogP contribution in [0.4, 0.5) is 5.82 Å². The maximum Gasteiger partial charge on any atom is 0.235 e. The Bertz CT molecular complexity index is 411. The van der Waals surface area contributed by atoms with Crippen LogP contribution < -0.4 is 11.1 Å². The summed E-state index contributed by atoms with van der Waals surface area (Å²) in [6.45, 7) is 1.86. The number of thiocarbonyl (C=S) groups is 1. The molecule has 0 spiro atoms. The van der Waals surface area contributed by atoms with Crippen molar-refractivity contribution in [1.82, 2.24) is 4.98 Å². The predicted molar refractivity (Wildman–Crippen MR) is 71.1 cm³/mol. The lowest BCUT2D eigenvalue weighted by molar-refractivity contribution is -0.118. The van der Waals surface area contributed by atoms with Gasteiger partial charge in [-0.2, -0.15) is 0 Å². The molecular formula is C10H12BrN3OS. The topological polar surface area (TPSA) is 68.0 Å². The highest BCUT2D eigenvalue weighted by Crippen LogP contribution is 2.19. The second kappa shape index (κ2) is 5.91. The highest BCUT2D eigenvalue weighted by atomic mass is 79.9. The Morgan fingerprint density at radius 2 is 2.44 bits per heavy atom. The monoisotopic (exact) mass is 301 g/mol. The van der Waals surface area contributed by atoms with E-state index in [4.69, 9.17) is 18.0 Å². The Morgan fingerprint density at radius 3 is 2.94 bits per heavy atom. The van der Waals surface area contributed by atoms with Crippen molar-refractivity contribution in [3.05, 3.63) is 22.8 Å². The molecule has 0 bridgehead atoms. The van der Waals surface area contributed by atoms with Crippen LogP contribution in [-0.2, 0) is 4.79 Å². The number of carbonyl (C=O) groups is 1. The van der Waals surface area contributed by atoms with Gasteiger partial charge in [0.25, 0.3) is 0 Å². The van der Waals surface area contributed by atoms with Gasteiger partial charge in [0, 0.05) is 6.20 Å². The van der Waals surface area contributed by atoms with Crippen LogP contribution >= 0.6 is 28.1 Å². The van der Waals surface area contributed by atoms with Crippen LogP contribution in [0.25, 0.3) is 0 Å². The number of aromatic nitrogens is 1. The molecule has 86 valence electrons. The first-order valence-corrected chi connectivity index (χ1v) is 5.97. The highest BCUT2D eigenvalue weighted by Gasteiger charge is 2.20. The molecular weight excluding hydrogens is 290 g/mol. The van der Waals surface area contributed by atoms with Crippen LogP contribution in [0.2, 0.25) is 0 Å². The van der Waals surface area contributed by atoms with Crippen molar-refractivity contribution in [2.75, 3.05) is 5.32 Å². The smallest absolute Gasteiger partial charge is 0.235 e. The number of hydrogen-bond acceptors (Lipinski definition) is 3. The van der Waals surface area contributed by atoms with Gasteiger partial charge >= 0.3 is 0 Å². The Hall–Kier alpha value is -1.01. The number of anilines is 1. The SMILES string of the molecule is CCC(C(=O)Nc1ncccc1Br)C(N)=S. The third-order valence-electron chi connectivity index (χ3n) is 2.07. The highest BCUT2D eigenvalue weighted by molar-refractivity contribution is 9.10. The Morgan fingerprint density at radius 1 is 1.75 bits per heavy atom. The van der Waals surface area contributed by atoms with E-state index in [0.717, 1.165) is 4.47 Å². The van der Waals surface area contributed by atoms with E-state index < -0.39 is 5.92 Å². The normalized spacial score (nSPS) is 11.9. The van der Waals surface area contributed by atoms with Crippen LogP contribution in [0, 0.1) is 5.92 Å². The van der Waals surface area contributed by atoms with Crippen molar-refractivity contribution < 1.29 is 4.79 Å². The number of nitrogens with one attached hydrogen (secondary N) is 1. The number of nitrogens with two attached hydrogens (primary N) is 1. The summed E-state index contributed by atoms with van der Waals surface area (Å²) in [5.41, 5.74) is 5.48. The van der Waals surface area contributed by atoms with Gasteiger partial charge in [0.2, 0.25) is 5.91 Å². The van der Waals surface area contributed by atoms with Crippen molar-refractivity contribution >= 4 is 44.9 Å². The number of carbonyl (C=O) groups excluding carboxylic acids is 1. The molecule has 1 amide bonds. The summed E-state index contributed by atoms with van der Waals surface area (Å²) in [4.78, 5) is 16.0. The maximum absolute atomic E-state index is 11.8. The zero-order valence-electron chi connectivity index (χ0n) is 8.74. The summed E-state index contributed by atoms with van der Waals surface area (Å²) >= 11 is 8.12. The summed E-state index contributed by atoms with van der Waals surface area (Å²) in [5.74, 6) is -0.208. The standard InChI is InChI=1S/C10H12BrN3OS/c1-2-6(8(12)16)10(15)14-9-7(11)4-3-5-13-9/h3-6H,2H2,1H3,(H2,12,16)(H,13,14,15). The first-order valence-electron chi connectivity index (χ1n) is 4.77. The quantitative estimate of drug-likeness (QED) is 0.836. The zero-order valence-corrected chi connectivity index (χ0v) is 11.1. The van der Waals surface area contributed by atoms with E-state index in [0.29, 0.717) is 12.2 Å². The number of nitrogens with zero attached hydrogens (tertiary/aromatic N) is 1. The predicted octanol–water partition coefficient (Wildman–Crippen LogP) is 2.09. The van der Waals surface area contributed by atoms with E-state index in [1.165, 1.54) is 0 Å². The summed E-state index contributed by atoms with van der Waals surface area (Å²) in [5, 5.41) is 2.68. The molecule has 0 saturated heterocycles. The second-order valence-electron chi connectivity index (χ2n) is 3.19. The lowest BCUT2D eigenvalue weighted by atomic mass is 10.1. The van der Waals surface area contributed by atoms with E-state index in [2.05, 4.69) is 26.2 Å². The van der Waals surface area contributed by atoms with E-state index in [9.17, 15) is 4.79 Å². The van der Waals surface area contributed by atoms with Gasteiger partial charge in [0.15, 0.2) is 0 Å². The average molecular weight is 302 g/mol. The molecule has 3 N–H and O–H groups in total. The van der Waals surface area contributed by atoms with Gasteiger partial charge in [-0.15, -0.1) is 0 Å². The van der Waals surface area contributed by atoms with Gasteiger partial charge in [0.05, 0.1) is 15.4 Å². The molecule has 1 heterocycles. The lowest BCUT2D eigenvalue weighted by Crippen LogP contribution is -2.33. The molecule has 0 aliphatic heterocycles. The molecule has 0 aliphatic carbocycles. The van der Waals surface area contributed by atoms with Gasteiger partial charge in [-0.25, -0.2) is 4.98 Å². The number of hydrogen-bond donors (Lipinski definition) is 2. The Balaban J connectivity index is 2.78. The van der Waals surface area contributed by atoms with Gasteiger partial charge in [-0.1, -0.05) is 19.1 Å². The van der Waals surface area contributed by atoms with Crippen molar-refractivity contribution in [2.45, 2.75) is 13.3 Å². The van der Waals surface area contributed by atoms with Crippen LogP contribution in [0.3, 0.4) is 0 Å². The third kappa shape index (κ3) is 3.24. The molecule has 4 nitrogen and oxygen atoms in total. The van der Waals surface area contributed by atoms with Crippen LogP contribution in [0.15, 0.2) is 22.8 Å². The van der Waals surface area contributed by atoms with Gasteiger partial charge in [-0.3, -0.25) is 4.79 Å². The molecule has 0 aromatic carbocycles. The molecule has 1 rings (SSSR count). The van der Waals surface area contributed by atoms with E-state index in [1.807, 2.05) is 6.92 Å². The van der Waals surface area contributed by atoms with Crippen molar-refractivity contribution in [3.8, 4) is 0 Å². The fourth-order valence-corrected chi connectivity index (χ4v) is 1.83. The summed E-state index contributed by atoms with van der Waals surface area (Å²) in [6.07, 6.45) is 2.17. The molecule has 0 saturated carbocycles. The average Bonchev–Trinajstić information content (AvgIpc) is 2.22. The van der Waals surface area contributed by atoms with Crippen molar-refractivity contribution in [3.63, 3.8) is 0 Å². The van der Waals surface area contributed by atoms with E-state index in [-0.39, 0.29) is 10.9 Å². The minimum atomic E-state index is -0.455. The van der Waals surface area contributed by atoms with Gasteiger partial charge in [-0.05, 0) is 34.5 Å². The number of halogens is 1. The zero-order chi connectivity index (χ0) is 12.1. The summed E-state index contributed by atoms with van der Waals surface area (Å²) in [6, 6.07) is 3.56. The molecule has 1 atom stereocenters. The first-order chi connectivity index (χ1) is 7.56. The summed E-state index contributed by atoms with van der Waals surface area (Å²) in [7, 11) is 0. The molecule has 6 heteroatoms. The van der Waals surface area contributed by atoms with Crippen molar-refractivity contribution in [2.24, 2.45) is 11.7 Å². The van der Waals surface area contributed by atoms with Crippen LogP contribution in [0.5, 0.6) is 0 Å². The van der Waals surface area contributed by atoms with Gasteiger partial charge < -0.3 is 11.1 Å². The van der Waals surface area contributed by atoms with Crippen LogP contribution in [-0.4, -0.2) is 15.9 Å². The molecule has 0 aliphatic rings. The van der Waals surface area contributed by atoms with Gasteiger partial charge in [0.1, 0.15) is 5.82 Å². The molecule has 1 unspecified atom stereocenters. The lowest BCUT2D eigenvalue weighted by Gasteiger charge is -2.13. The van der Waals surface area contributed by atoms with E-state index in [1.54, 1.807) is 18.3 Å².